The van der Waals surface area contributed by atoms with Gasteiger partial charge in [-0.05, 0) is 49.4 Å². The topological polar surface area (TPSA) is 75.0 Å². The number of ether oxygens (including phenoxy) is 1. The number of halogens is 1. The summed E-state index contributed by atoms with van der Waals surface area (Å²) in [5.41, 5.74) is 2.02. The van der Waals surface area contributed by atoms with Crippen molar-refractivity contribution in [2.24, 2.45) is 0 Å². The van der Waals surface area contributed by atoms with Crippen molar-refractivity contribution in [3.05, 3.63) is 70.2 Å². The lowest BCUT2D eigenvalue weighted by atomic mass is 10.2. The molecule has 0 fully saturated rings. The van der Waals surface area contributed by atoms with E-state index in [1.165, 1.54) is 17.4 Å². The van der Waals surface area contributed by atoms with E-state index in [2.05, 4.69) is 10.3 Å². The van der Waals surface area contributed by atoms with Crippen LogP contribution < -0.4 is 10.1 Å². The van der Waals surface area contributed by atoms with Gasteiger partial charge >= 0.3 is 0 Å². The molecule has 2 aromatic carbocycles. The van der Waals surface area contributed by atoms with Gasteiger partial charge in [0.25, 0.3) is 5.91 Å². The van der Waals surface area contributed by atoms with Crippen molar-refractivity contribution in [1.82, 2.24) is 4.98 Å². The quantitative estimate of drug-likeness (QED) is 0.436. The second-order valence-corrected chi connectivity index (χ2v) is 6.96. The number of carbonyl (C=O) groups excluding carboxylic acids is 1. The van der Waals surface area contributed by atoms with Gasteiger partial charge in [-0.3, -0.25) is 4.79 Å². The Bertz CT molecular complexity index is 1030. The summed E-state index contributed by atoms with van der Waals surface area (Å²) in [6, 6.07) is 16.2. The number of hydrogen-bond acceptors (Lipinski definition) is 5. The van der Waals surface area contributed by atoms with Crippen molar-refractivity contribution in [3.63, 3.8) is 0 Å². The fourth-order valence-electron chi connectivity index (χ4n) is 2.37. The van der Waals surface area contributed by atoms with Gasteiger partial charge in [-0.1, -0.05) is 23.7 Å². The minimum atomic E-state index is -0.493. The molecule has 0 aliphatic carbocycles. The normalized spacial score (nSPS) is 11.0. The summed E-state index contributed by atoms with van der Waals surface area (Å²) < 4.78 is 5.37. The summed E-state index contributed by atoms with van der Waals surface area (Å²) in [4.78, 5) is 16.9. The zero-order valence-electron chi connectivity index (χ0n) is 15.0. The van der Waals surface area contributed by atoms with E-state index in [0.29, 0.717) is 28.8 Å². The Morgan fingerprint density at radius 3 is 2.61 bits per heavy atom. The number of nitriles is 1. The van der Waals surface area contributed by atoms with Crippen molar-refractivity contribution >= 4 is 40.6 Å². The van der Waals surface area contributed by atoms with E-state index in [0.717, 1.165) is 10.6 Å². The van der Waals surface area contributed by atoms with Crippen molar-refractivity contribution < 1.29 is 9.53 Å². The highest BCUT2D eigenvalue weighted by Crippen LogP contribution is 2.26. The van der Waals surface area contributed by atoms with Gasteiger partial charge in [0.05, 0.1) is 12.3 Å². The third-order valence-corrected chi connectivity index (χ3v) is 4.86. The molecule has 140 valence electrons. The lowest BCUT2D eigenvalue weighted by Gasteiger charge is -2.06. The Balaban J connectivity index is 1.73. The molecular formula is C21H16ClN3O2S. The molecule has 3 aromatic rings. The first kappa shape index (κ1) is 19.6. The van der Waals surface area contributed by atoms with Crippen LogP contribution in [0.2, 0.25) is 5.02 Å². The number of amides is 1. The molecule has 0 spiro atoms. The highest BCUT2D eigenvalue weighted by molar-refractivity contribution is 7.13. The van der Waals surface area contributed by atoms with Gasteiger partial charge in [0, 0.05) is 21.7 Å². The molecule has 1 N–H and O–H groups in total. The molecule has 3 rings (SSSR count). The van der Waals surface area contributed by atoms with E-state index in [4.69, 9.17) is 16.3 Å². The largest absolute Gasteiger partial charge is 0.494 e. The Kier molecular flexibility index (Phi) is 6.43. The molecule has 0 atom stereocenters. The van der Waals surface area contributed by atoms with Crippen LogP contribution in [0.5, 0.6) is 5.75 Å². The number of hydrogen-bond donors (Lipinski definition) is 1. The number of nitrogens with zero attached hydrogens (tertiary/aromatic N) is 2. The first-order chi connectivity index (χ1) is 13.6. The number of aromatic nitrogens is 1. The van der Waals surface area contributed by atoms with Crippen LogP contribution in [0, 0.1) is 11.3 Å². The molecule has 0 aliphatic rings. The number of rotatable bonds is 6. The predicted molar refractivity (Wildman–Crippen MR) is 112 cm³/mol. The highest BCUT2D eigenvalue weighted by atomic mass is 35.5. The molecule has 0 radical (unpaired) electrons. The van der Waals surface area contributed by atoms with E-state index in [-0.39, 0.29) is 5.57 Å². The number of benzene rings is 2. The van der Waals surface area contributed by atoms with Gasteiger partial charge in [-0.15, -0.1) is 11.3 Å². The molecule has 28 heavy (non-hydrogen) atoms. The molecule has 1 amide bonds. The van der Waals surface area contributed by atoms with E-state index >= 15 is 0 Å². The molecular weight excluding hydrogens is 394 g/mol. The van der Waals surface area contributed by atoms with Crippen LogP contribution in [0.15, 0.2) is 59.5 Å². The van der Waals surface area contributed by atoms with Crippen LogP contribution >= 0.6 is 22.9 Å². The molecule has 0 unspecified atom stereocenters. The summed E-state index contributed by atoms with van der Waals surface area (Å²) in [5, 5.41) is 15.3. The monoisotopic (exact) mass is 409 g/mol. The smallest absolute Gasteiger partial charge is 0.266 e. The molecule has 7 heteroatoms. The number of thiazole rings is 1. The fraction of sp³-hybridized carbons (Fsp3) is 0.0952. The van der Waals surface area contributed by atoms with Crippen molar-refractivity contribution in [2.75, 3.05) is 11.9 Å². The number of nitrogens with one attached hydrogen (secondary N) is 1. The predicted octanol–water partition coefficient (Wildman–Crippen LogP) is 5.41. The van der Waals surface area contributed by atoms with E-state index in [1.807, 2.05) is 25.1 Å². The summed E-state index contributed by atoms with van der Waals surface area (Å²) in [5.74, 6) is 0.224. The fourth-order valence-corrected chi connectivity index (χ4v) is 3.28. The number of anilines is 1. The lowest BCUT2D eigenvalue weighted by Crippen LogP contribution is -2.13. The minimum absolute atomic E-state index is 0.0261. The van der Waals surface area contributed by atoms with E-state index in [1.54, 1.807) is 41.8 Å². The van der Waals surface area contributed by atoms with Crippen LogP contribution in [0.4, 0.5) is 5.69 Å². The van der Waals surface area contributed by atoms with Gasteiger partial charge in [0.2, 0.25) is 0 Å². The first-order valence-electron chi connectivity index (χ1n) is 8.46. The van der Waals surface area contributed by atoms with Crippen molar-refractivity contribution in [2.45, 2.75) is 6.92 Å². The standard InChI is InChI=1S/C21H16ClN3O2S/c1-2-27-19-9-7-17(8-10-19)24-20(26)15(12-23)11-18-13-28-21(25-18)14-3-5-16(22)6-4-14/h3-11,13H,2H2,1H3,(H,24,26)/b15-11+. The van der Waals surface area contributed by atoms with Crippen molar-refractivity contribution in [3.8, 4) is 22.4 Å². The van der Waals surface area contributed by atoms with Gasteiger partial charge in [0.15, 0.2) is 0 Å². The third kappa shape index (κ3) is 4.97. The zero-order chi connectivity index (χ0) is 19.9. The summed E-state index contributed by atoms with van der Waals surface area (Å²) in [6.07, 6.45) is 1.47. The Labute approximate surface area is 171 Å². The van der Waals surface area contributed by atoms with Crippen LogP contribution in [0.1, 0.15) is 12.6 Å². The molecule has 0 aliphatic heterocycles. The number of carbonyl (C=O) groups is 1. The first-order valence-corrected chi connectivity index (χ1v) is 9.72. The molecule has 1 aromatic heterocycles. The molecule has 0 saturated heterocycles. The second-order valence-electron chi connectivity index (χ2n) is 5.67. The Morgan fingerprint density at radius 1 is 1.25 bits per heavy atom. The van der Waals surface area contributed by atoms with Crippen LogP contribution in [-0.4, -0.2) is 17.5 Å². The molecule has 0 bridgehead atoms. The molecule has 0 saturated carbocycles. The summed E-state index contributed by atoms with van der Waals surface area (Å²) in [6.45, 7) is 2.47. The second kappa shape index (κ2) is 9.18. The average Bonchev–Trinajstić information content (AvgIpc) is 3.17. The van der Waals surface area contributed by atoms with Crippen LogP contribution in [0.25, 0.3) is 16.6 Å². The highest BCUT2D eigenvalue weighted by Gasteiger charge is 2.11. The average molecular weight is 410 g/mol. The maximum atomic E-state index is 12.4. The zero-order valence-corrected chi connectivity index (χ0v) is 16.6. The molecule has 5 nitrogen and oxygen atoms in total. The Hall–Kier alpha value is -3.14. The summed E-state index contributed by atoms with van der Waals surface area (Å²) >= 11 is 7.33. The van der Waals surface area contributed by atoms with E-state index in [9.17, 15) is 10.1 Å². The molecule has 1 heterocycles. The van der Waals surface area contributed by atoms with Gasteiger partial charge in [-0.25, -0.2) is 4.98 Å². The van der Waals surface area contributed by atoms with E-state index < -0.39 is 5.91 Å². The Morgan fingerprint density at radius 2 is 1.96 bits per heavy atom. The van der Waals surface area contributed by atoms with Gasteiger partial charge in [0.1, 0.15) is 22.4 Å². The van der Waals surface area contributed by atoms with Crippen LogP contribution in [-0.2, 0) is 4.79 Å². The van der Waals surface area contributed by atoms with Gasteiger partial charge in [-0.2, -0.15) is 5.26 Å². The third-order valence-electron chi connectivity index (χ3n) is 3.69. The maximum Gasteiger partial charge on any atom is 0.266 e. The van der Waals surface area contributed by atoms with Crippen LogP contribution in [0.3, 0.4) is 0 Å². The maximum absolute atomic E-state index is 12.4. The summed E-state index contributed by atoms with van der Waals surface area (Å²) in [7, 11) is 0. The van der Waals surface area contributed by atoms with Gasteiger partial charge < -0.3 is 10.1 Å². The lowest BCUT2D eigenvalue weighted by molar-refractivity contribution is -0.112. The van der Waals surface area contributed by atoms with Crippen molar-refractivity contribution in [1.29, 1.82) is 5.26 Å². The SMILES string of the molecule is CCOc1ccc(NC(=O)/C(C#N)=C/c2csc(-c3ccc(Cl)cc3)n2)cc1. The minimum Gasteiger partial charge on any atom is -0.494 e.